The second-order valence-electron chi connectivity index (χ2n) is 4.81. The van der Waals surface area contributed by atoms with Gasteiger partial charge in [-0.1, -0.05) is 46.3 Å². The molecule has 1 atom stereocenters. The van der Waals surface area contributed by atoms with E-state index in [1.165, 1.54) is 16.7 Å². The SMILES string of the molecule is BrCc1ccc(OCC2Cc3ccccc32)c(Br)c1. The van der Waals surface area contributed by atoms with Crippen molar-refractivity contribution in [2.75, 3.05) is 6.61 Å². The van der Waals surface area contributed by atoms with Gasteiger partial charge in [0.1, 0.15) is 5.75 Å². The average Bonchev–Trinajstić information content (AvgIpc) is 2.41. The van der Waals surface area contributed by atoms with E-state index in [9.17, 15) is 0 Å². The zero-order valence-corrected chi connectivity index (χ0v) is 13.6. The van der Waals surface area contributed by atoms with E-state index in [1.807, 2.05) is 6.07 Å². The second-order valence-corrected chi connectivity index (χ2v) is 6.22. The van der Waals surface area contributed by atoms with Crippen LogP contribution in [-0.4, -0.2) is 6.61 Å². The predicted molar refractivity (Wildman–Crippen MR) is 85.2 cm³/mol. The summed E-state index contributed by atoms with van der Waals surface area (Å²) < 4.78 is 6.96. The predicted octanol–water partition coefficient (Wildman–Crippen LogP) is 5.06. The molecule has 0 aliphatic heterocycles. The molecule has 0 heterocycles. The van der Waals surface area contributed by atoms with Crippen LogP contribution in [0.25, 0.3) is 0 Å². The van der Waals surface area contributed by atoms with E-state index in [2.05, 4.69) is 68.3 Å². The lowest BCUT2D eigenvalue weighted by Gasteiger charge is -2.30. The molecule has 1 aliphatic carbocycles. The highest BCUT2D eigenvalue weighted by Gasteiger charge is 2.25. The summed E-state index contributed by atoms with van der Waals surface area (Å²) >= 11 is 7.02. The summed E-state index contributed by atoms with van der Waals surface area (Å²) in [4.78, 5) is 0. The van der Waals surface area contributed by atoms with E-state index in [1.54, 1.807) is 0 Å². The first-order chi connectivity index (χ1) is 9.28. The molecule has 98 valence electrons. The van der Waals surface area contributed by atoms with E-state index in [0.29, 0.717) is 5.92 Å². The fourth-order valence-corrected chi connectivity index (χ4v) is 3.34. The summed E-state index contributed by atoms with van der Waals surface area (Å²) in [5.41, 5.74) is 4.15. The number of fused-ring (bicyclic) bond motifs is 1. The summed E-state index contributed by atoms with van der Waals surface area (Å²) in [5.74, 6) is 1.47. The van der Waals surface area contributed by atoms with Gasteiger partial charge < -0.3 is 4.74 Å². The standard InChI is InChI=1S/C16H14Br2O/c17-9-11-5-6-16(15(18)7-11)19-10-13-8-12-3-1-2-4-14(12)13/h1-7,13H,8-10H2. The molecule has 3 rings (SSSR count). The molecule has 1 unspecified atom stereocenters. The van der Waals surface area contributed by atoms with E-state index in [4.69, 9.17) is 4.74 Å². The van der Waals surface area contributed by atoms with Crippen molar-refractivity contribution in [3.63, 3.8) is 0 Å². The van der Waals surface area contributed by atoms with Crippen molar-refractivity contribution in [2.24, 2.45) is 0 Å². The fourth-order valence-electron chi connectivity index (χ4n) is 2.45. The molecule has 1 nitrogen and oxygen atoms in total. The maximum atomic E-state index is 5.93. The number of alkyl halides is 1. The topological polar surface area (TPSA) is 9.23 Å². The molecule has 0 amide bonds. The molecule has 0 spiro atoms. The monoisotopic (exact) mass is 380 g/mol. The van der Waals surface area contributed by atoms with Crippen molar-refractivity contribution < 1.29 is 4.74 Å². The number of benzene rings is 2. The molecule has 0 saturated heterocycles. The molecule has 19 heavy (non-hydrogen) atoms. The molecular weight excluding hydrogens is 368 g/mol. The Morgan fingerprint density at radius 1 is 1.16 bits per heavy atom. The number of hydrogen-bond acceptors (Lipinski definition) is 1. The molecule has 0 aromatic heterocycles. The first-order valence-electron chi connectivity index (χ1n) is 6.33. The highest BCUT2D eigenvalue weighted by atomic mass is 79.9. The number of hydrogen-bond donors (Lipinski definition) is 0. The maximum Gasteiger partial charge on any atom is 0.133 e. The van der Waals surface area contributed by atoms with Crippen LogP contribution in [0.15, 0.2) is 46.9 Å². The van der Waals surface area contributed by atoms with E-state index >= 15 is 0 Å². The maximum absolute atomic E-state index is 5.93. The van der Waals surface area contributed by atoms with Gasteiger partial charge in [0, 0.05) is 11.2 Å². The van der Waals surface area contributed by atoms with Crippen molar-refractivity contribution in [1.82, 2.24) is 0 Å². The van der Waals surface area contributed by atoms with Crippen LogP contribution in [0.3, 0.4) is 0 Å². The number of ether oxygens (including phenoxy) is 1. The molecule has 2 aromatic carbocycles. The van der Waals surface area contributed by atoms with Crippen LogP contribution in [0.4, 0.5) is 0 Å². The molecular formula is C16H14Br2O. The van der Waals surface area contributed by atoms with Crippen molar-refractivity contribution in [3.8, 4) is 5.75 Å². The first kappa shape index (κ1) is 13.2. The van der Waals surface area contributed by atoms with Gasteiger partial charge in [-0.25, -0.2) is 0 Å². The summed E-state index contributed by atoms with van der Waals surface area (Å²) in [6.07, 6.45) is 1.13. The molecule has 2 aromatic rings. The van der Waals surface area contributed by atoms with Gasteiger partial charge in [0.2, 0.25) is 0 Å². The van der Waals surface area contributed by atoms with Crippen molar-refractivity contribution >= 4 is 31.9 Å². The third-order valence-electron chi connectivity index (χ3n) is 3.55. The normalized spacial score (nSPS) is 16.6. The van der Waals surface area contributed by atoms with Crippen LogP contribution in [0, 0.1) is 0 Å². The lowest BCUT2D eigenvalue weighted by molar-refractivity contribution is 0.273. The van der Waals surface area contributed by atoms with Crippen LogP contribution < -0.4 is 4.74 Å². The smallest absolute Gasteiger partial charge is 0.133 e. The lowest BCUT2D eigenvalue weighted by atomic mass is 9.78. The van der Waals surface area contributed by atoms with Crippen LogP contribution >= 0.6 is 31.9 Å². The highest BCUT2D eigenvalue weighted by molar-refractivity contribution is 9.10. The molecule has 3 heteroatoms. The Kier molecular flexibility index (Phi) is 3.94. The number of halogens is 2. The Hall–Kier alpha value is -0.800. The Balaban J connectivity index is 1.65. The zero-order chi connectivity index (χ0) is 13.2. The largest absolute Gasteiger partial charge is 0.492 e. The second kappa shape index (κ2) is 5.68. The first-order valence-corrected chi connectivity index (χ1v) is 8.24. The van der Waals surface area contributed by atoms with E-state index in [0.717, 1.165) is 28.6 Å². The fraction of sp³-hybridized carbons (Fsp3) is 0.250. The summed E-state index contributed by atoms with van der Waals surface area (Å²) in [6.45, 7) is 0.753. The Morgan fingerprint density at radius 3 is 2.74 bits per heavy atom. The van der Waals surface area contributed by atoms with Crippen LogP contribution in [0.1, 0.15) is 22.6 Å². The highest BCUT2D eigenvalue weighted by Crippen LogP contribution is 2.36. The third-order valence-corrected chi connectivity index (χ3v) is 4.82. The Morgan fingerprint density at radius 2 is 2.00 bits per heavy atom. The molecule has 0 fully saturated rings. The Labute approximate surface area is 130 Å². The van der Waals surface area contributed by atoms with Crippen molar-refractivity contribution in [2.45, 2.75) is 17.7 Å². The van der Waals surface area contributed by atoms with E-state index in [-0.39, 0.29) is 0 Å². The Bertz CT molecular complexity index is 595. The zero-order valence-electron chi connectivity index (χ0n) is 10.4. The molecule has 0 bridgehead atoms. The third kappa shape index (κ3) is 2.72. The van der Waals surface area contributed by atoms with Gasteiger partial charge in [0.25, 0.3) is 0 Å². The molecule has 1 aliphatic rings. The molecule has 0 radical (unpaired) electrons. The summed E-state index contributed by atoms with van der Waals surface area (Å²) in [5, 5.41) is 0.863. The minimum atomic E-state index is 0.541. The minimum Gasteiger partial charge on any atom is -0.492 e. The number of rotatable bonds is 4. The van der Waals surface area contributed by atoms with Gasteiger partial charge in [-0.3, -0.25) is 0 Å². The van der Waals surface area contributed by atoms with Gasteiger partial charge in [-0.15, -0.1) is 0 Å². The van der Waals surface area contributed by atoms with Crippen LogP contribution in [0.5, 0.6) is 5.75 Å². The van der Waals surface area contributed by atoms with Gasteiger partial charge in [-0.05, 0) is 51.2 Å². The quantitative estimate of drug-likeness (QED) is 0.672. The average molecular weight is 382 g/mol. The summed E-state index contributed by atoms with van der Waals surface area (Å²) in [7, 11) is 0. The summed E-state index contributed by atoms with van der Waals surface area (Å²) in [6, 6.07) is 14.8. The van der Waals surface area contributed by atoms with Gasteiger partial charge in [0.15, 0.2) is 0 Å². The van der Waals surface area contributed by atoms with Crippen molar-refractivity contribution in [3.05, 3.63) is 63.6 Å². The van der Waals surface area contributed by atoms with Crippen LogP contribution in [0.2, 0.25) is 0 Å². The molecule has 0 saturated carbocycles. The van der Waals surface area contributed by atoms with Gasteiger partial charge in [-0.2, -0.15) is 0 Å². The van der Waals surface area contributed by atoms with Crippen LogP contribution in [-0.2, 0) is 11.8 Å². The lowest BCUT2D eigenvalue weighted by Crippen LogP contribution is -2.23. The van der Waals surface area contributed by atoms with Gasteiger partial charge in [0.05, 0.1) is 11.1 Å². The molecule has 0 N–H and O–H groups in total. The van der Waals surface area contributed by atoms with Gasteiger partial charge >= 0.3 is 0 Å². The minimum absolute atomic E-state index is 0.541. The van der Waals surface area contributed by atoms with Crippen molar-refractivity contribution in [1.29, 1.82) is 0 Å². The van der Waals surface area contributed by atoms with E-state index < -0.39 is 0 Å².